The van der Waals surface area contributed by atoms with Crippen LogP contribution in [0.4, 0.5) is 0 Å². The number of nitrogens with one attached hydrogen (secondary N) is 1. The van der Waals surface area contributed by atoms with Gasteiger partial charge in [-0.1, -0.05) is 36.4 Å². The molecule has 2 heterocycles. The minimum absolute atomic E-state index is 0.0434. The number of hydrogen-bond donors (Lipinski definition) is 1. The highest BCUT2D eigenvalue weighted by molar-refractivity contribution is 5.77. The SMILES string of the molecule is C=CCn1c(-c2ccccc2)nc2[nH]c(C)cc2c1=O. The van der Waals surface area contributed by atoms with Gasteiger partial charge in [-0.3, -0.25) is 9.36 Å². The van der Waals surface area contributed by atoms with E-state index in [0.717, 1.165) is 11.3 Å². The molecule has 0 atom stereocenters. The van der Waals surface area contributed by atoms with Crippen LogP contribution < -0.4 is 5.56 Å². The van der Waals surface area contributed by atoms with Crippen molar-refractivity contribution in [1.29, 1.82) is 0 Å². The molecule has 0 bridgehead atoms. The molecule has 20 heavy (non-hydrogen) atoms. The maximum absolute atomic E-state index is 12.6. The summed E-state index contributed by atoms with van der Waals surface area (Å²) in [5.74, 6) is 0.657. The number of hydrogen-bond acceptors (Lipinski definition) is 2. The van der Waals surface area contributed by atoms with Crippen LogP contribution in [-0.2, 0) is 6.54 Å². The largest absolute Gasteiger partial charge is 0.343 e. The van der Waals surface area contributed by atoms with E-state index in [-0.39, 0.29) is 5.56 Å². The number of aromatic nitrogens is 3. The number of aryl methyl sites for hydroxylation is 1. The fourth-order valence-corrected chi connectivity index (χ4v) is 2.34. The summed E-state index contributed by atoms with van der Waals surface area (Å²) in [4.78, 5) is 20.3. The average Bonchev–Trinajstić information content (AvgIpc) is 2.84. The van der Waals surface area contributed by atoms with Gasteiger partial charge >= 0.3 is 0 Å². The number of H-pyrrole nitrogens is 1. The molecule has 4 heteroatoms. The molecule has 1 N–H and O–H groups in total. The highest BCUT2D eigenvalue weighted by atomic mass is 16.1. The summed E-state index contributed by atoms with van der Waals surface area (Å²) < 4.78 is 1.65. The number of aromatic amines is 1. The molecule has 0 radical (unpaired) electrons. The zero-order valence-corrected chi connectivity index (χ0v) is 11.3. The number of nitrogens with zero attached hydrogens (tertiary/aromatic N) is 2. The van der Waals surface area contributed by atoms with Crippen molar-refractivity contribution in [1.82, 2.24) is 14.5 Å². The molecule has 3 aromatic rings. The average molecular weight is 265 g/mol. The maximum Gasteiger partial charge on any atom is 0.263 e. The molecular formula is C16H15N3O. The molecule has 0 unspecified atom stereocenters. The van der Waals surface area contributed by atoms with Crippen molar-refractivity contribution in [2.24, 2.45) is 0 Å². The second-order valence-corrected chi connectivity index (χ2v) is 4.72. The molecule has 4 nitrogen and oxygen atoms in total. The Morgan fingerprint density at radius 1 is 1.35 bits per heavy atom. The fraction of sp³-hybridized carbons (Fsp3) is 0.125. The van der Waals surface area contributed by atoms with Crippen LogP contribution in [0, 0.1) is 6.92 Å². The van der Waals surface area contributed by atoms with Gasteiger partial charge in [0, 0.05) is 17.8 Å². The normalized spacial score (nSPS) is 10.8. The van der Waals surface area contributed by atoms with Gasteiger partial charge in [0.05, 0.1) is 5.39 Å². The van der Waals surface area contributed by atoms with Crippen molar-refractivity contribution >= 4 is 11.0 Å². The van der Waals surface area contributed by atoms with Gasteiger partial charge in [0.15, 0.2) is 0 Å². The quantitative estimate of drug-likeness (QED) is 0.740. The topological polar surface area (TPSA) is 50.7 Å². The lowest BCUT2D eigenvalue weighted by Gasteiger charge is -2.10. The van der Waals surface area contributed by atoms with Crippen molar-refractivity contribution < 1.29 is 0 Å². The minimum atomic E-state index is -0.0434. The van der Waals surface area contributed by atoms with E-state index in [9.17, 15) is 4.79 Å². The zero-order valence-electron chi connectivity index (χ0n) is 11.3. The Labute approximate surface area is 116 Å². The monoisotopic (exact) mass is 265 g/mol. The predicted octanol–water partition coefficient (Wildman–Crippen LogP) is 2.89. The van der Waals surface area contributed by atoms with Gasteiger partial charge in [-0.25, -0.2) is 4.98 Å². The van der Waals surface area contributed by atoms with Crippen molar-refractivity contribution in [2.75, 3.05) is 0 Å². The Hall–Kier alpha value is -2.62. The predicted molar refractivity (Wildman–Crippen MR) is 80.7 cm³/mol. The minimum Gasteiger partial charge on any atom is -0.343 e. The van der Waals surface area contributed by atoms with Gasteiger partial charge in [0.1, 0.15) is 11.5 Å². The first kappa shape index (κ1) is 12.4. The van der Waals surface area contributed by atoms with Crippen molar-refractivity contribution in [3.63, 3.8) is 0 Å². The maximum atomic E-state index is 12.6. The Bertz CT molecular complexity index is 828. The van der Waals surface area contributed by atoms with Crippen molar-refractivity contribution in [2.45, 2.75) is 13.5 Å². The highest BCUT2D eigenvalue weighted by Gasteiger charge is 2.13. The first-order valence-corrected chi connectivity index (χ1v) is 6.47. The van der Waals surface area contributed by atoms with Crippen LogP contribution in [0.3, 0.4) is 0 Å². The summed E-state index contributed by atoms with van der Waals surface area (Å²) in [5.41, 5.74) is 2.44. The molecule has 0 fully saturated rings. The molecular weight excluding hydrogens is 250 g/mol. The third kappa shape index (κ3) is 1.95. The van der Waals surface area contributed by atoms with E-state index in [4.69, 9.17) is 0 Å². The molecule has 0 saturated carbocycles. The lowest BCUT2D eigenvalue weighted by Crippen LogP contribution is -2.22. The number of allylic oxidation sites excluding steroid dienone is 1. The number of rotatable bonds is 3. The molecule has 1 aromatic carbocycles. The summed E-state index contributed by atoms with van der Waals surface area (Å²) in [7, 11) is 0. The van der Waals surface area contributed by atoms with Crippen LogP contribution >= 0.6 is 0 Å². The first-order chi connectivity index (χ1) is 9.70. The van der Waals surface area contributed by atoms with E-state index < -0.39 is 0 Å². The second-order valence-electron chi connectivity index (χ2n) is 4.72. The van der Waals surface area contributed by atoms with Crippen LogP contribution in [0.1, 0.15) is 5.69 Å². The van der Waals surface area contributed by atoms with E-state index in [1.807, 2.05) is 43.3 Å². The van der Waals surface area contributed by atoms with Gasteiger partial charge in [-0.15, -0.1) is 6.58 Å². The van der Waals surface area contributed by atoms with Gasteiger partial charge in [0.2, 0.25) is 0 Å². The standard InChI is InChI=1S/C16H15N3O/c1-3-9-19-15(12-7-5-4-6-8-12)18-14-13(16(19)20)10-11(2)17-14/h3-8,10,17H,1,9H2,2H3. The molecule has 100 valence electrons. The lowest BCUT2D eigenvalue weighted by molar-refractivity contribution is 0.779. The molecule has 0 spiro atoms. The molecule has 0 saturated heterocycles. The Balaban J connectivity index is 2.37. The van der Waals surface area contributed by atoms with Crippen molar-refractivity contribution in [3.05, 3.63) is 65.1 Å². The zero-order chi connectivity index (χ0) is 14.1. The van der Waals surface area contributed by atoms with E-state index in [1.54, 1.807) is 10.6 Å². The lowest BCUT2D eigenvalue weighted by atomic mass is 10.2. The number of benzene rings is 1. The second kappa shape index (κ2) is 4.81. The molecule has 0 aliphatic rings. The molecule has 0 aliphatic carbocycles. The van der Waals surface area contributed by atoms with Crippen LogP contribution in [0.25, 0.3) is 22.4 Å². The van der Waals surface area contributed by atoms with Crippen LogP contribution in [0.5, 0.6) is 0 Å². The number of fused-ring (bicyclic) bond motifs is 1. The van der Waals surface area contributed by atoms with Crippen LogP contribution in [0.15, 0.2) is 53.8 Å². The summed E-state index contributed by atoms with van der Waals surface area (Å²) >= 11 is 0. The van der Waals surface area contributed by atoms with E-state index >= 15 is 0 Å². The fourth-order valence-electron chi connectivity index (χ4n) is 2.34. The summed E-state index contributed by atoms with van der Waals surface area (Å²) in [6.45, 7) is 6.08. The van der Waals surface area contributed by atoms with E-state index in [1.165, 1.54) is 0 Å². The Kier molecular flexibility index (Phi) is 2.99. The van der Waals surface area contributed by atoms with Gasteiger partial charge < -0.3 is 4.98 Å². The van der Waals surface area contributed by atoms with E-state index in [0.29, 0.717) is 23.4 Å². The summed E-state index contributed by atoms with van der Waals surface area (Å²) in [5, 5.41) is 0.615. The van der Waals surface area contributed by atoms with Crippen LogP contribution in [0.2, 0.25) is 0 Å². The summed E-state index contributed by atoms with van der Waals surface area (Å²) in [6, 6.07) is 11.5. The van der Waals surface area contributed by atoms with Gasteiger partial charge in [-0.2, -0.15) is 0 Å². The molecule has 0 amide bonds. The molecule has 3 rings (SSSR count). The smallest absolute Gasteiger partial charge is 0.263 e. The Morgan fingerprint density at radius 2 is 2.10 bits per heavy atom. The highest BCUT2D eigenvalue weighted by Crippen LogP contribution is 2.18. The molecule has 2 aromatic heterocycles. The summed E-state index contributed by atoms with van der Waals surface area (Å²) in [6.07, 6.45) is 1.71. The van der Waals surface area contributed by atoms with Crippen molar-refractivity contribution in [3.8, 4) is 11.4 Å². The third-order valence-corrected chi connectivity index (χ3v) is 3.22. The molecule has 0 aliphatic heterocycles. The van der Waals surface area contributed by atoms with E-state index in [2.05, 4.69) is 16.5 Å². The van der Waals surface area contributed by atoms with Gasteiger partial charge in [0.25, 0.3) is 5.56 Å². The third-order valence-electron chi connectivity index (χ3n) is 3.22. The van der Waals surface area contributed by atoms with Gasteiger partial charge in [-0.05, 0) is 13.0 Å². The Morgan fingerprint density at radius 3 is 2.80 bits per heavy atom. The first-order valence-electron chi connectivity index (χ1n) is 6.47. The van der Waals surface area contributed by atoms with Crippen LogP contribution in [-0.4, -0.2) is 14.5 Å².